The van der Waals surface area contributed by atoms with Gasteiger partial charge in [0.1, 0.15) is 5.84 Å². The summed E-state index contributed by atoms with van der Waals surface area (Å²) in [6.07, 6.45) is 0.913. The van der Waals surface area contributed by atoms with Crippen molar-refractivity contribution in [3.05, 3.63) is 64.1 Å². The molecule has 0 aromatic heterocycles. The number of aliphatic imine (C=N–C) groups is 1. The molecule has 0 unspecified atom stereocenters. The molecule has 0 aliphatic carbocycles. The molecule has 3 rings (SSSR count). The van der Waals surface area contributed by atoms with E-state index in [4.69, 9.17) is 23.2 Å². The third kappa shape index (κ3) is 3.69. The third-order valence-corrected chi connectivity index (χ3v) is 3.84. The number of nitrogens with one attached hydrogen (secondary N) is 1. The predicted molar refractivity (Wildman–Crippen MR) is 89.1 cm³/mol. The maximum atomic E-state index is 5.90. The number of amidine groups is 1. The lowest BCUT2D eigenvalue weighted by Crippen LogP contribution is -2.33. The Kier molecular flexibility index (Phi) is 4.32. The highest BCUT2D eigenvalue weighted by Gasteiger charge is 2.16. The number of hydrogen-bond acceptors (Lipinski definition) is 2. The Morgan fingerprint density at radius 3 is 2.24 bits per heavy atom. The van der Waals surface area contributed by atoms with Gasteiger partial charge >= 0.3 is 0 Å². The highest BCUT2D eigenvalue weighted by Crippen LogP contribution is 2.19. The van der Waals surface area contributed by atoms with Crippen molar-refractivity contribution in [1.29, 1.82) is 0 Å². The summed E-state index contributed by atoms with van der Waals surface area (Å²) < 4.78 is 0. The van der Waals surface area contributed by atoms with Crippen LogP contribution in [0.4, 0.5) is 5.69 Å². The molecule has 1 fully saturated rings. The quantitative estimate of drug-likeness (QED) is 0.913. The molecule has 0 spiro atoms. The van der Waals surface area contributed by atoms with Gasteiger partial charge in [-0.2, -0.15) is 0 Å². The first kappa shape index (κ1) is 14.2. The molecular weight excluding hydrogens is 305 g/mol. The van der Waals surface area contributed by atoms with E-state index in [-0.39, 0.29) is 0 Å². The molecule has 1 heterocycles. The van der Waals surface area contributed by atoms with E-state index < -0.39 is 0 Å². The van der Waals surface area contributed by atoms with E-state index in [0.29, 0.717) is 6.54 Å². The Morgan fingerprint density at radius 1 is 0.952 bits per heavy atom. The summed E-state index contributed by atoms with van der Waals surface area (Å²) in [7, 11) is 0. The summed E-state index contributed by atoms with van der Waals surface area (Å²) >= 11 is 11.8. The Hall–Kier alpha value is -1.71. The molecule has 0 atom stereocenters. The largest absolute Gasteiger partial charge is 0.286 e. The number of hydrazine groups is 1. The normalized spacial score (nSPS) is 16.3. The zero-order valence-electron chi connectivity index (χ0n) is 11.4. The van der Waals surface area contributed by atoms with Crippen molar-refractivity contribution >= 4 is 34.7 Å². The standard InChI is InChI=1S/C16H15Cl2N3/c17-13-3-1-12(2-4-13)11-19-16-9-10-21(20-16)15-7-5-14(18)6-8-15/h1-8H,9-11H2,(H,19,20). The first-order valence-electron chi connectivity index (χ1n) is 6.78. The van der Waals surface area contributed by atoms with Crippen LogP contribution in [0, 0.1) is 0 Å². The van der Waals surface area contributed by atoms with Crippen LogP contribution in [0.2, 0.25) is 10.0 Å². The molecule has 1 aliphatic rings. The molecule has 0 radical (unpaired) electrons. The molecule has 108 valence electrons. The number of hydrogen-bond donors (Lipinski definition) is 1. The van der Waals surface area contributed by atoms with Gasteiger partial charge in [0.2, 0.25) is 0 Å². The highest BCUT2D eigenvalue weighted by molar-refractivity contribution is 6.30. The summed E-state index contributed by atoms with van der Waals surface area (Å²) in [5.74, 6) is 1.000. The van der Waals surface area contributed by atoms with Gasteiger partial charge in [0, 0.05) is 23.0 Å². The second kappa shape index (κ2) is 6.37. The zero-order chi connectivity index (χ0) is 14.7. The Labute approximate surface area is 134 Å². The van der Waals surface area contributed by atoms with E-state index in [9.17, 15) is 0 Å². The van der Waals surface area contributed by atoms with Crippen molar-refractivity contribution in [2.24, 2.45) is 4.99 Å². The molecule has 1 aliphatic heterocycles. The van der Waals surface area contributed by atoms with Gasteiger partial charge in [-0.1, -0.05) is 35.3 Å². The minimum Gasteiger partial charge on any atom is -0.286 e. The lowest BCUT2D eigenvalue weighted by molar-refractivity contribution is 0.855. The minimum absolute atomic E-state index is 0.661. The van der Waals surface area contributed by atoms with Crippen LogP contribution in [0.15, 0.2) is 53.5 Å². The predicted octanol–water partition coefficient (Wildman–Crippen LogP) is 4.31. The lowest BCUT2D eigenvalue weighted by Gasteiger charge is -2.17. The van der Waals surface area contributed by atoms with Gasteiger partial charge in [-0.05, 0) is 42.0 Å². The van der Waals surface area contributed by atoms with Crippen LogP contribution >= 0.6 is 23.2 Å². The molecule has 0 saturated carbocycles. The fourth-order valence-corrected chi connectivity index (χ4v) is 2.44. The van der Waals surface area contributed by atoms with Crippen molar-refractivity contribution in [1.82, 2.24) is 5.43 Å². The Morgan fingerprint density at radius 2 is 1.57 bits per heavy atom. The molecule has 5 heteroatoms. The van der Waals surface area contributed by atoms with E-state index in [2.05, 4.69) is 15.4 Å². The summed E-state index contributed by atoms with van der Waals surface area (Å²) in [5.41, 5.74) is 5.57. The first-order valence-corrected chi connectivity index (χ1v) is 7.54. The van der Waals surface area contributed by atoms with E-state index >= 15 is 0 Å². The average molecular weight is 320 g/mol. The molecular formula is C16H15Cl2N3. The molecule has 2 aromatic carbocycles. The van der Waals surface area contributed by atoms with Gasteiger partial charge in [0.15, 0.2) is 0 Å². The summed E-state index contributed by atoms with van der Waals surface area (Å²) in [6.45, 7) is 1.56. The van der Waals surface area contributed by atoms with E-state index in [1.54, 1.807) is 0 Å². The monoisotopic (exact) mass is 319 g/mol. The summed E-state index contributed by atoms with van der Waals surface area (Å²) in [5, 5.41) is 3.57. The molecule has 3 nitrogen and oxygen atoms in total. The smallest absolute Gasteiger partial charge is 0.117 e. The molecule has 2 aromatic rings. The molecule has 1 N–H and O–H groups in total. The number of rotatable bonds is 3. The summed E-state index contributed by atoms with van der Waals surface area (Å²) in [6, 6.07) is 15.5. The molecule has 21 heavy (non-hydrogen) atoms. The van der Waals surface area contributed by atoms with Crippen molar-refractivity contribution in [2.75, 3.05) is 11.6 Å². The van der Waals surface area contributed by atoms with Gasteiger partial charge in [-0.15, -0.1) is 0 Å². The fourth-order valence-electron chi connectivity index (χ4n) is 2.19. The highest BCUT2D eigenvalue weighted by atomic mass is 35.5. The second-order valence-electron chi connectivity index (χ2n) is 4.88. The lowest BCUT2D eigenvalue weighted by atomic mass is 10.2. The molecule has 0 bridgehead atoms. The van der Waals surface area contributed by atoms with Crippen LogP contribution in [0.25, 0.3) is 0 Å². The van der Waals surface area contributed by atoms with Crippen LogP contribution < -0.4 is 10.4 Å². The van der Waals surface area contributed by atoms with Gasteiger partial charge in [0.05, 0.1) is 12.2 Å². The number of benzene rings is 2. The number of anilines is 1. The zero-order valence-corrected chi connectivity index (χ0v) is 12.9. The molecule has 1 saturated heterocycles. The Balaban J connectivity index is 1.62. The van der Waals surface area contributed by atoms with Crippen LogP contribution in [-0.2, 0) is 6.54 Å². The second-order valence-corrected chi connectivity index (χ2v) is 5.75. The van der Waals surface area contributed by atoms with Crippen LogP contribution in [0.5, 0.6) is 0 Å². The van der Waals surface area contributed by atoms with Crippen LogP contribution in [0.3, 0.4) is 0 Å². The topological polar surface area (TPSA) is 27.6 Å². The number of halogens is 2. The maximum absolute atomic E-state index is 5.90. The number of nitrogens with zero attached hydrogens (tertiary/aromatic N) is 2. The molecule has 0 amide bonds. The van der Waals surface area contributed by atoms with E-state index in [1.807, 2.05) is 48.5 Å². The SMILES string of the molecule is Clc1ccc(CN=C2CCN(c3ccc(Cl)cc3)N2)cc1. The maximum Gasteiger partial charge on any atom is 0.117 e. The summed E-state index contributed by atoms with van der Waals surface area (Å²) in [4.78, 5) is 4.61. The first-order chi connectivity index (χ1) is 10.2. The minimum atomic E-state index is 0.661. The van der Waals surface area contributed by atoms with Gasteiger partial charge < -0.3 is 0 Å². The van der Waals surface area contributed by atoms with Crippen LogP contribution in [-0.4, -0.2) is 12.4 Å². The average Bonchev–Trinajstić information content (AvgIpc) is 2.96. The Bertz CT molecular complexity index is 636. The van der Waals surface area contributed by atoms with Gasteiger partial charge in [-0.3, -0.25) is 15.4 Å². The fraction of sp³-hybridized carbons (Fsp3) is 0.188. The van der Waals surface area contributed by atoms with Crippen LogP contribution in [0.1, 0.15) is 12.0 Å². The van der Waals surface area contributed by atoms with E-state index in [1.165, 1.54) is 0 Å². The van der Waals surface area contributed by atoms with E-state index in [0.717, 1.165) is 40.1 Å². The van der Waals surface area contributed by atoms with Crippen molar-refractivity contribution < 1.29 is 0 Å². The van der Waals surface area contributed by atoms with Gasteiger partial charge in [0.25, 0.3) is 0 Å². The third-order valence-electron chi connectivity index (χ3n) is 3.34. The van der Waals surface area contributed by atoms with Gasteiger partial charge in [-0.25, -0.2) is 0 Å². The van der Waals surface area contributed by atoms with Crippen molar-refractivity contribution in [3.8, 4) is 0 Å². The van der Waals surface area contributed by atoms with Crippen molar-refractivity contribution in [2.45, 2.75) is 13.0 Å². The van der Waals surface area contributed by atoms with Crippen molar-refractivity contribution in [3.63, 3.8) is 0 Å².